The first-order valence-electron chi connectivity index (χ1n) is 9.62. The van der Waals surface area contributed by atoms with E-state index in [4.69, 9.17) is 4.74 Å². The number of hydrogen-bond donors (Lipinski definition) is 1. The molecule has 1 N–H and O–H groups in total. The Bertz CT molecular complexity index is 849. The molecule has 5 nitrogen and oxygen atoms in total. The summed E-state index contributed by atoms with van der Waals surface area (Å²) in [4.78, 5) is 26.8. The molecule has 158 valence electrons. The smallest absolute Gasteiger partial charge is 0.381 e. The number of benzene rings is 1. The summed E-state index contributed by atoms with van der Waals surface area (Å²) in [5.74, 6) is -0.658. The third-order valence-corrected chi connectivity index (χ3v) is 6.80. The fourth-order valence-electron chi connectivity index (χ4n) is 5.38. The topological polar surface area (TPSA) is 58.6 Å². The number of nitrogens with zero attached hydrogens (tertiary/aromatic N) is 1. The van der Waals surface area contributed by atoms with Crippen LogP contribution in [0.4, 0.5) is 22.4 Å². The van der Waals surface area contributed by atoms with Gasteiger partial charge in [-0.1, -0.05) is 6.07 Å². The Hall–Kier alpha value is -2.16. The maximum absolute atomic E-state index is 13.4. The molecule has 1 aromatic rings. The number of amides is 3. The third-order valence-electron chi connectivity index (χ3n) is 6.80. The van der Waals surface area contributed by atoms with Crippen molar-refractivity contribution in [2.24, 2.45) is 5.41 Å². The molecule has 1 saturated heterocycles. The summed E-state index contributed by atoms with van der Waals surface area (Å²) in [6.07, 6.45) is -1.92. The van der Waals surface area contributed by atoms with E-state index < -0.39 is 47.9 Å². The zero-order valence-corrected chi connectivity index (χ0v) is 15.9. The van der Waals surface area contributed by atoms with Gasteiger partial charge in [0.25, 0.3) is 5.91 Å². The lowest BCUT2D eigenvalue weighted by atomic mass is 9.61. The summed E-state index contributed by atoms with van der Waals surface area (Å²) >= 11 is 0. The SMILES string of the molecule is COC1CCC2(CC1)Cc1ccc(C(F)(F)F)cc1C21NC(=O)N(CCF)C1=O. The van der Waals surface area contributed by atoms with Crippen molar-refractivity contribution in [2.45, 2.75) is 49.9 Å². The van der Waals surface area contributed by atoms with Crippen molar-refractivity contribution in [3.8, 4) is 0 Å². The molecule has 4 rings (SSSR count). The largest absolute Gasteiger partial charge is 0.416 e. The van der Waals surface area contributed by atoms with E-state index in [0.29, 0.717) is 37.7 Å². The molecule has 9 heteroatoms. The summed E-state index contributed by atoms with van der Waals surface area (Å²) in [7, 11) is 1.60. The average Bonchev–Trinajstić information content (AvgIpc) is 3.09. The van der Waals surface area contributed by atoms with Crippen LogP contribution in [0.3, 0.4) is 0 Å². The number of carbonyl (C=O) groups excluding carboxylic acids is 2. The minimum Gasteiger partial charge on any atom is -0.381 e. The molecule has 29 heavy (non-hydrogen) atoms. The lowest BCUT2D eigenvalue weighted by Gasteiger charge is -2.46. The second-order valence-electron chi connectivity index (χ2n) is 8.09. The number of rotatable bonds is 3. The van der Waals surface area contributed by atoms with E-state index in [9.17, 15) is 27.2 Å². The van der Waals surface area contributed by atoms with E-state index >= 15 is 0 Å². The number of alkyl halides is 4. The fourth-order valence-corrected chi connectivity index (χ4v) is 5.38. The Morgan fingerprint density at radius 2 is 1.93 bits per heavy atom. The number of nitrogens with one attached hydrogen (secondary N) is 1. The van der Waals surface area contributed by atoms with Gasteiger partial charge in [-0.2, -0.15) is 13.2 Å². The molecule has 2 fully saturated rings. The van der Waals surface area contributed by atoms with Gasteiger partial charge in [0.05, 0.1) is 18.2 Å². The number of carbonyl (C=O) groups is 2. The maximum atomic E-state index is 13.4. The van der Waals surface area contributed by atoms with Gasteiger partial charge in [-0.15, -0.1) is 0 Å². The van der Waals surface area contributed by atoms with Gasteiger partial charge in [0.1, 0.15) is 6.67 Å². The Morgan fingerprint density at radius 3 is 2.52 bits per heavy atom. The van der Waals surface area contributed by atoms with Crippen molar-refractivity contribution in [2.75, 3.05) is 20.3 Å². The minimum absolute atomic E-state index is 0.00118. The number of imide groups is 1. The van der Waals surface area contributed by atoms with Gasteiger partial charge < -0.3 is 10.1 Å². The van der Waals surface area contributed by atoms with Gasteiger partial charge in [0, 0.05) is 12.5 Å². The van der Waals surface area contributed by atoms with Gasteiger partial charge in [0.2, 0.25) is 0 Å². The van der Waals surface area contributed by atoms with Crippen LogP contribution in [0.15, 0.2) is 18.2 Å². The predicted molar refractivity (Wildman–Crippen MR) is 94.7 cm³/mol. The molecule has 0 radical (unpaired) electrons. The first kappa shape index (κ1) is 20.1. The Labute approximate surface area is 165 Å². The lowest BCUT2D eigenvalue weighted by molar-refractivity contribution is -0.140. The molecule has 2 aliphatic carbocycles. The second-order valence-corrected chi connectivity index (χ2v) is 8.09. The van der Waals surface area contributed by atoms with Gasteiger partial charge >= 0.3 is 12.2 Å². The summed E-state index contributed by atoms with van der Waals surface area (Å²) in [5.41, 5.74) is -2.43. The highest BCUT2D eigenvalue weighted by molar-refractivity contribution is 6.08. The van der Waals surface area contributed by atoms with Crippen molar-refractivity contribution in [1.82, 2.24) is 10.2 Å². The highest BCUT2D eigenvalue weighted by Crippen LogP contribution is 2.60. The molecule has 0 aromatic heterocycles. The summed E-state index contributed by atoms with van der Waals surface area (Å²) in [5, 5.41) is 2.70. The Kier molecular flexibility index (Phi) is 4.64. The van der Waals surface area contributed by atoms with Crippen LogP contribution in [0.1, 0.15) is 42.4 Å². The number of ether oxygens (including phenoxy) is 1. The zero-order chi connectivity index (χ0) is 21.0. The van der Waals surface area contributed by atoms with Crippen molar-refractivity contribution in [3.05, 3.63) is 34.9 Å². The van der Waals surface area contributed by atoms with E-state index in [1.807, 2.05) is 0 Å². The first-order valence-corrected chi connectivity index (χ1v) is 9.62. The van der Waals surface area contributed by atoms with E-state index in [1.54, 1.807) is 7.11 Å². The van der Waals surface area contributed by atoms with Crippen LogP contribution in [0.5, 0.6) is 0 Å². The number of urea groups is 1. The van der Waals surface area contributed by atoms with Crippen molar-refractivity contribution >= 4 is 11.9 Å². The molecule has 1 atom stereocenters. The van der Waals surface area contributed by atoms with Crippen LogP contribution >= 0.6 is 0 Å². The molecule has 0 bridgehead atoms. The number of methoxy groups -OCH3 is 1. The van der Waals surface area contributed by atoms with E-state index in [2.05, 4.69) is 5.32 Å². The molecular formula is C20H22F4N2O3. The molecule has 3 aliphatic rings. The maximum Gasteiger partial charge on any atom is 0.416 e. The van der Waals surface area contributed by atoms with Crippen LogP contribution in [0, 0.1) is 5.41 Å². The first-order chi connectivity index (χ1) is 13.7. The summed E-state index contributed by atoms with van der Waals surface area (Å²) in [6, 6.07) is 2.62. The summed E-state index contributed by atoms with van der Waals surface area (Å²) in [6.45, 7) is -1.33. The molecule has 1 aromatic carbocycles. The average molecular weight is 414 g/mol. The Balaban J connectivity index is 1.87. The van der Waals surface area contributed by atoms with Crippen molar-refractivity contribution in [3.63, 3.8) is 0 Å². The van der Waals surface area contributed by atoms with E-state index in [-0.39, 0.29) is 11.7 Å². The molecule has 1 saturated carbocycles. The standard InChI is InChI=1S/C20H22F4N2O3/c1-29-14-4-6-18(7-5-14)11-12-2-3-13(20(22,23)24)10-15(12)19(18)16(27)26(9-8-21)17(28)25-19/h2-3,10,14H,4-9,11H2,1H3,(H,25,28). The minimum atomic E-state index is -4.58. The molecule has 1 aliphatic heterocycles. The molecule has 1 heterocycles. The highest BCUT2D eigenvalue weighted by atomic mass is 19.4. The predicted octanol–water partition coefficient (Wildman–Crippen LogP) is 3.55. The quantitative estimate of drug-likeness (QED) is 0.608. The van der Waals surface area contributed by atoms with Crippen LogP contribution in [-0.2, 0) is 27.7 Å². The lowest BCUT2D eigenvalue weighted by Crippen LogP contribution is -2.57. The van der Waals surface area contributed by atoms with Crippen LogP contribution in [0.25, 0.3) is 0 Å². The number of halogens is 4. The molecule has 3 amide bonds. The summed E-state index contributed by atoms with van der Waals surface area (Å²) < 4.78 is 58.5. The van der Waals surface area contributed by atoms with Gasteiger partial charge in [-0.05, 0) is 55.4 Å². The van der Waals surface area contributed by atoms with Gasteiger partial charge in [-0.3, -0.25) is 9.69 Å². The number of fused-ring (bicyclic) bond motifs is 3. The number of hydrogen-bond acceptors (Lipinski definition) is 3. The van der Waals surface area contributed by atoms with Gasteiger partial charge in [0.15, 0.2) is 5.54 Å². The molecular weight excluding hydrogens is 392 g/mol. The Morgan fingerprint density at radius 1 is 1.24 bits per heavy atom. The third kappa shape index (κ3) is 2.77. The highest BCUT2D eigenvalue weighted by Gasteiger charge is 2.68. The fraction of sp³-hybridized carbons (Fsp3) is 0.600. The normalized spacial score (nSPS) is 31.6. The van der Waals surface area contributed by atoms with Crippen molar-refractivity contribution in [1.29, 1.82) is 0 Å². The van der Waals surface area contributed by atoms with Crippen LogP contribution in [-0.4, -0.2) is 43.3 Å². The van der Waals surface area contributed by atoms with Crippen LogP contribution in [0.2, 0.25) is 0 Å². The van der Waals surface area contributed by atoms with Crippen LogP contribution < -0.4 is 5.32 Å². The zero-order valence-electron chi connectivity index (χ0n) is 15.9. The monoisotopic (exact) mass is 414 g/mol. The van der Waals surface area contributed by atoms with Gasteiger partial charge in [-0.25, -0.2) is 9.18 Å². The molecule has 1 unspecified atom stereocenters. The second kappa shape index (κ2) is 6.68. The van der Waals surface area contributed by atoms with E-state index in [0.717, 1.165) is 17.0 Å². The molecule has 2 spiro atoms. The van der Waals surface area contributed by atoms with E-state index in [1.165, 1.54) is 6.07 Å². The van der Waals surface area contributed by atoms with Crippen molar-refractivity contribution < 1.29 is 31.9 Å².